The molecule has 0 bridgehead atoms. The molecule has 1 aromatic carbocycles. The Hall–Kier alpha value is -1.69. The molecular weight excluding hydrogens is 504 g/mol. The lowest BCUT2D eigenvalue weighted by atomic mass is 9.50. The van der Waals surface area contributed by atoms with Gasteiger partial charge in [-0.2, -0.15) is 5.26 Å². The van der Waals surface area contributed by atoms with Gasteiger partial charge in [0.1, 0.15) is 5.60 Å². The molecule has 1 N–H and O–H groups in total. The number of ether oxygens (including phenoxy) is 2. The number of benzene rings is 1. The van der Waals surface area contributed by atoms with Crippen LogP contribution in [0.15, 0.2) is 35.4 Å². The molecule has 212 valence electrons. The van der Waals surface area contributed by atoms with Crippen molar-refractivity contribution in [3.05, 3.63) is 41.0 Å². The average molecular weight is 551 g/mol. The monoisotopic (exact) mass is 550 g/mol. The molecule has 6 nitrogen and oxygen atoms in total. The molecule has 0 amide bonds. The minimum Gasteiger partial charge on any atom is -0.399 e. The van der Waals surface area contributed by atoms with Crippen molar-refractivity contribution in [3.8, 4) is 6.07 Å². The van der Waals surface area contributed by atoms with E-state index in [1.165, 1.54) is 22.4 Å². The number of nitrogens with zero attached hydrogens (tertiary/aromatic N) is 2. The van der Waals surface area contributed by atoms with Crippen LogP contribution in [0.1, 0.15) is 69.8 Å². The quantitative estimate of drug-likeness (QED) is 0.359. The lowest BCUT2D eigenvalue weighted by molar-refractivity contribution is -0.208. The molecule has 0 radical (unpaired) electrons. The van der Waals surface area contributed by atoms with E-state index in [0.717, 1.165) is 44.9 Å². The molecule has 4 fully saturated rings. The molecule has 1 saturated heterocycles. The van der Waals surface area contributed by atoms with Gasteiger partial charge < -0.3 is 23.9 Å². The third kappa shape index (κ3) is 4.25. The number of hydrogen-bond donors (Lipinski definition) is 1. The molecule has 1 aliphatic heterocycles. The second kappa shape index (κ2) is 9.16. The van der Waals surface area contributed by atoms with Crippen molar-refractivity contribution in [3.63, 3.8) is 0 Å². The first-order valence-electron chi connectivity index (χ1n) is 15.0. The van der Waals surface area contributed by atoms with Crippen LogP contribution in [0.2, 0.25) is 19.6 Å². The van der Waals surface area contributed by atoms with Crippen LogP contribution < -0.4 is 4.90 Å². The molecule has 7 heteroatoms. The summed E-state index contributed by atoms with van der Waals surface area (Å²) in [6, 6.07) is 11.7. The van der Waals surface area contributed by atoms with Crippen molar-refractivity contribution < 1.29 is 19.0 Å². The maximum atomic E-state index is 12.2. The van der Waals surface area contributed by atoms with Gasteiger partial charge in [0.15, 0.2) is 14.1 Å². The summed E-state index contributed by atoms with van der Waals surface area (Å²) in [6.45, 7) is 10.2. The molecule has 6 rings (SSSR count). The third-order valence-electron chi connectivity index (χ3n) is 10.8. The van der Waals surface area contributed by atoms with E-state index in [4.69, 9.17) is 13.9 Å². The largest absolute Gasteiger partial charge is 0.399 e. The Morgan fingerprint density at radius 3 is 2.36 bits per heavy atom. The fraction of sp³-hybridized carbons (Fsp3) is 0.719. The van der Waals surface area contributed by atoms with E-state index in [-0.39, 0.29) is 11.3 Å². The number of rotatable bonds is 4. The smallest absolute Gasteiger partial charge is 0.185 e. The number of hydrogen-bond acceptors (Lipinski definition) is 6. The van der Waals surface area contributed by atoms with Gasteiger partial charge in [-0.15, -0.1) is 0 Å². The highest BCUT2D eigenvalue weighted by Gasteiger charge is 2.66. The zero-order chi connectivity index (χ0) is 27.8. The summed E-state index contributed by atoms with van der Waals surface area (Å²) < 4.78 is 19.1. The molecule has 1 aromatic rings. The minimum absolute atomic E-state index is 0.157. The van der Waals surface area contributed by atoms with Gasteiger partial charge in [-0.3, -0.25) is 0 Å². The van der Waals surface area contributed by atoms with Crippen molar-refractivity contribution >= 4 is 14.0 Å². The highest BCUT2D eigenvalue weighted by Crippen LogP contribution is 2.69. The zero-order valence-corrected chi connectivity index (χ0v) is 25.7. The summed E-state index contributed by atoms with van der Waals surface area (Å²) >= 11 is 0. The summed E-state index contributed by atoms with van der Waals surface area (Å²) in [6.07, 6.45) is 6.50. The van der Waals surface area contributed by atoms with Gasteiger partial charge >= 0.3 is 0 Å². The van der Waals surface area contributed by atoms with Gasteiger partial charge in [-0.05, 0) is 93.3 Å². The van der Waals surface area contributed by atoms with Crippen LogP contribution >= 0.6 is 0 Å². The van der Waals surface area contributed by atoms with Gasteiger partial charge in [0.05, 0.1) is 24.9 Å². The maximum Gasteiger partial charge on any atom is 0.185 e. The lowest BCUT2D eigenvalue weighted by Crippen LogP contribution is -2.57. The topological polar surface area (TPSA) is 75.0 Å². The van der Waals surface area contributed by atoms with E-state index < -0.39 is 25.3 Å². The van der Waals surface area contributed by atoms with Crippen LogP contribution in [0.25, 0.3) is 0 Å². The molecule has 39 heavy (non-hydrogen) atoms. The van der Waals surface area contributed by atoms with Crippen molar-refractivity contribution in [2.75, 3.05) is 32.2 Å². The van der Waals surface area contributed by atoms with E-state index in [2.05, 4.69) is 75.9 Å². The molecular formula is C32H46N2O4Si. The van der Waals surface area contributed by atoms with E-state index in [1.54, 1.807) is 0 Å². The number of allylic oxidation sites excluding steroid dienone is 1. The van der Waals surface area contributed by atoms with Crippen molar-refractivity contribution in [2.45, 2.75) is 101 Å². The molecule has 1 heterocycles. The van der Waals surface area contributed by atoms with Gasteiger partial charge in [0.2, 0.25) is 0 Å². The standard InChI is InChI=1S/C32H46N2O4Si/c1-29-19-25(22-7-9-23(10-8-22)34(2)3)28-24(26(29)12-15-31(29,21-33)38-39(4,5)6)11-14-30(35)20-32(16-13-27(28)30)36-17-18-37-32/h7-10,24-26,35H,11-20H2,1-6H3/t24-,25+,26-,29-,30+,31-/m0/s1. The molecule has 5 aliphatic rings. The molecule has 3 saturated carbocycles. The summed E-state index contributed by atoms with van der Waals surface area (Å²) in [4.78, 5) is 2.13. The van der Waals surface area contributed by atoms with Gasteiger partial charge in [-0.1, -0.05) is 24.6 Å². The summed E-state index contributed by atoms with van der Waals surface area (Å²) in [5.41, 5.74) is 3.28. The highest BCUT2D eigenvalue weighted by atomic mass is 28.4. The number of fused-ring (bicyclic) bond motifs is 4. The van der Waals surface area contributed by atoms with E-state index in [0.29, 0.717) is 31.5 Å². The summed E-state index contributed by atoms with van der Waals surface area (Å²) in [5.74, 6) is 0.265. The van der Waals surface area contributed by atoms with Crippen LogP contribution in [0.3, 0.4) is 0 Å². The number of nitriles is 1. The predicted octanol–water partition coefficient (Wildman–Crippen LogP) is 6.13. The third-order valence-corrected chi connectivity index (χ3v) is 11.8. The number of aliphatic hydroxyl groups is 1. The van der Waals surface area contributed by atoms with Crippen molar-refractivity contribution in [1.29, 1.82) is 5.26 Å². The molecule has 4 aliphatic carbocycles. The van der Waals surface area contributed by atoms with Crippen LogP contribution in [-0.2, 0) is 13.9 Å². The second-order valence-electron chi connectivity index (χ2n) is 14.4. The lowest BCUT2D eigenvalue weighted by Gasteiger charge is -2.57. The minimum atomic E-state index is -1.97. The molecule has 0 aromatic heterocycles. The fourth-order valence-electron chi connectivity index (χ4n) is 9.20. The van der Waals surface area contributed by atoms with E-state index in [9.17, 15) is 10.4 Å². The first-order valence-corrected chi connectivity index (χ1v) is 18.4. The Morgan fingerprint density at radius 1 is 1.05 bits per heavy atom. The molecule has 0 unspecified atom stereocenters. The Bertz CT molecular complexity index is 1190. The second-order valence-corrected chi connectivity index (χ2v) is 18.8. The molecule has 6 atom stereocenters. The average Bonchev–Trinajstić information content (AvgIpc) is 3.44. The van der Waals surface area contributed by atoms with E-state index >= 15 is 0 Å². The maximum absolute atomic E-state index is 12.2. The van der Waals surface area contributed by atoms with Crippen molar-refractivity contribution in [2.24, 2.45) is 17.3 Å². The summed E-state index contributed by atoms with van der Waals surface area (Å²) in [7, 11) is 2.17. The normalized spacial score (nSPS) is 39.2. The SMILES string of the molecule is CN(C)c1ccc([C@H]2C[C@@]3(C)[C@@H](CC[C@@]3(C#N)O[Si](C)(C)C)[C@@H]3CC[C@@]4(O)CC5(CCC4=C32)OCCO5)cc1. The van der Waals surface area contributed by atoms with Crippen LogP contribution in [-0.4, -0.2) is 57.7 Å². The Labute approximate surface area is 235 Å². The zero-order valence-electron chi connectivity index (χ0n) is 24.7. The first kappa shape index (κ1) is 27.5. The Kier molecular flexibility index (Phi) is 6.45. The first-order chi connectivity index (χ1) is 18.3. The molecule has 1 spiro atoms. The fourth-order valence-corrected chi connectivity index (χ4v) is 10.6. The number of anilines is 1. The highest BCUT2D eigenvalue weighted by molar-refractivity contribution is 6.69. The van der Waals surface area contributed by atoms with Crippen LogP contribution in [0.4, 0.5) is 5.69 Å². The van der Waals surface area contributed by atoms with E-state index in [1.807, 2.05) is 0 Å². The van der Waals surface area contributed by atoms with Crippen LogP contribution in [0.5, 0.6) is 0 Å². The Morgan fingerprint density at radius 2 is 1.74 bits per heavy atom. The van der Waals surface area contributed by atoms with Gasteiger partial charge in [-0.25, -0.2) is 0 Å². The summed E-state index contributed by atoms with van der Waals surface area (Å²) in [5, 5.41) is 23.0. The predicted molar refractivity (Wildman–Crippen MR) is 155 cm³/mol. The van der Waals surface area contributed by atoms with Crippen molar-refractivity contribution in [1.82, 2.24) is 0 Å². The van der Waals surface area contributed by atoms with Gasteiger partial charge in [0, 0.05) is 44.0 Å². The van der Waals surface area contributed by atoms with Crippen LogP contribution in [0, 0.1) is 28.6 Å². The Balaban J connectivity index is 1.48. The van der Waals surface area contributed by atoms with Gasteiger partial charge in [0.25, 0.3) is 0 Å².